The van der Waals surface area contributed by atoms with E-state index in [0.29, 0.717) is 5.54 Å². The lowest BCUT2D eigenvalue weighted by atomic mass is 9.75. The average molecular weight is 211 g/mol. The summed E-state index contributed by atoms with van der Waals surface area (Å²) in [5.41, 5.74) is 0.559. The highest BCUT2D eigenvalue weighted by Crippen LogP contribution is 2.34. The molecule has 0 aromatic rings. The Hall–Kier alpha value is -0.0400. The second-order valence-corrected chi connectivity index (χ2v) is 5.18. The van der Waals surface area contributed by atoms with E-state index < -0.39 is 0 Å². The van der Waals surface area contributed by atoms with Gasteiger partial charge in [0.25, 0.3) is 0 Å². The normalized spacial score (nSPS) is 18.8. The fraction of sp³-hybridized carbons (Fsp3) is 1.00. The molecule has 0 unspecified atom stereocenters. The Morgan fingerprint density at radius 3 is 2.13 bits per heavy atom. The number of nitrogens with one attached hydrogen (secondary N) is 1. The molecule has 0 heterocycles. The molecule has 0 atom stereocenters. The molecule has 0 spiro atoms. The molecular formula is C14H29N. The molecule has 0 amide bonds. The van der Waals surface area contributed by atoms with Gasteiger partial charge >= 0.3 is 0 Å². The van der Waals surface area contributed by atoms with E-state index in [2.05, 4.69) is 19.2 Å². The molecule has 1 rings (SSSR count). The van der Waals surface area contributed by atoms with Crippen LogP contribution in [0.2, 0.25) is 0 Å². The molecule has 1 N–H and O–H groups in total. The Kier molecular flexibility index (Phi) is 6.31. The number of unbranched alkanes of at least 4 members (excludes halogenated alkanes) is 5. The van der Waals surface area contributed by atoms with Crippen molar-refractivity contribution in [3.05, 3.63) is 0 Å². The molecule has 1 fully saturated rings. The van der Waals surface area contributed by atoms with E-state index in [4.69, 9.17) is 0 Å². The summed E-state index contributed by atoms with van der Waals surface area (Å²) in [6.45, 7) is 5.86. The topological polar surface area (TPSA) is 12.0 Å². The van der Waals surface area contributed by atoms with Crippen molar-refractivity contribution in [2.45, 2.75) is 83.6 Å². The molecule has 0 aliphatic heterocycles. The molecule has 0 saturated heterocycles. The largest absolute Gasteiger partial charge is 0.311 e. The van der Waals surface area contributed by atoms with Gasteiger partial charge < -0.3 is 5.32 Å². The van der Waals surface area contributed by atoms with Gasteiger partial charge in [0.05, 0.1) is 0 Å². The van der Waals surface area contributed by atoms with Gasteiger partial charge in [0.15, 0.2) is 0 Å². The van der Waals surface area contributed by atoms with Gasteiger partial charge in [0.1, 0.15) is 0 Å². The number of hydrogen-bond acceptors (Lipinski definition) is 1. The molecule has 90 valence electrons. The Morgan fingerprint density at radius 2 is 1.60 bits per heavy atom. The average Bonchev–Trinajstić information content (AvgIpc) is 2.20. The van der Waals surface area contributed by atoms with E-state index in [-0.39, 0.29) is 0 Å². The van der Waals surface area contributed by atoms with Crippen molar-refractivity contribution in [3.8, 4) is 0 Å². The highest BCUT2D eigenvalue weighted by Gasteiger charge is 2.33. The molecule has 1 heteroatoms. The van der Waals surface area contributed by atoms with E-state index >= 15 is 0 Å². The first-order valence-electron chi connectivity index (χ1n) is 7.08. The maximum absolute atomic E-state index is 3.77. The summed E-state index contributed by atoms with van der Waals surface area (Å²) in [6, 6.07) is 0. The summed E-state index contributed by atoms with van der Waals surface area (Å²) in [5, 5.41) is 3.77. The SMILES string of the molecule is CCCCCCCCNC1(CC)CCC1. The van der Waals surface area contributed by atoms with Crippen LogP contribution in [0.5, 0.6) is 0 Å². The second-order valence-electron chi connectivity index (χ2n) is 5.18. The quantitative estimate of drug-likeness (QED) is 0.562. The zero-order chi connectivity index (χ0) is 11.0. The van der Waals surface area contributed by atoms with Crippen molar-refractivity contribution in [2.75, 3.05) is 6.54 Å². The smallest absolute Gasteiger partial charge is 0.0178 e. The van der Waals surface area contributed by atoms with Crippen LogP contribution in [-0.4, -0.2) is 12.1 Å². The number of hydrogen-bond donors (Lipinski definition) is 1. The minimum absolute atomic E-state index is 0.559. The Balaban J connectivity index is 1.88. The Labute approximate surface area is 96.0 Å². The molecule has 1 saturated carbocycles. The summed E-state index contributed by atoms with van der Waals surface area (Å²) in [5.74, 6) is 0. The van der Waals surface area contributed by atoms with E-state index in [9.17, 15) is 0 Å². The lowest BCUT2D eigenvalue weighted by molar-refractivity contribution is 0.177. The Morgan fingerprint density at radius 1 is 0.933 bits per heavy atom. The first kappa shape index (κ1) is 13.0. The third-order valence-corrected chi connectivity index (χ3v) is 4.02. The highest BCUT2D eigenvalue weighted by molar-refractivity contribution is 4.94. The molecular weight excluding hydrogens is 182 g/mol. The van der Waals surface area contributed by atoms with Crippen LogP contribution >= 0.6 is 0 Å². The van der Waals surface area contributed by atoms with Crippen LogP contribution in [0.1, 0.15) is 78.1 Å². The van der Waals surface area contributed by atoms with Crippen molar-refractivity contribution >= 4 is 0 Å². The third kappa shape index (κ3) is 4.55. The van der Waals surface area contributed by atoms with Gasteiger partial charge in [-0.05, 0) is 38.6 Å². The lowest BCUT2D eigenvalue weighted by Crippen LogP contribution is -2.50. The zero-order valence-electron chi connectivity index (χ0n) is 10.8. The van der Waals surface area contributed by atoms with E-state index in [1.807, 2.05) is 0 Å². The van der Waals surface area contributed by atoms with Crippen LogP contribution in [0.25, 0.3) is 0 Å². The van der Waals surface area contributed by atoms with Crippen molar-refractivity contribution < 1.29 is 0 Å². The first-order valence-corrected chi connectivity index (χ1v) is 7.08. The first-order chi connectivity index (χ1) is 7.33. The van der Waals surface area contributed by atoms with Crippen LogP contribution in [0.3, 0.4) is 0 Å². The minimum Gasteiger partial charge on any atom is -0.311 e. The fourth-order valence-electron chi connectivity index (χ4n) is 2.52. The van der Waals surface area contributed by atoms with E-state index in [1.165, 1.54) is 70.8 Å². The maximum atomic E-state index is 3.77. The molecule has 0 aromatic carbocycles. The fourth-order valence-corrected chi connectivity index (χ4v) is 2.52. The molecule has 1 nitrogen and oxygen atoms in total. The second kappa shape index (κ2) is 7.27. The summed E-state index contributed by atoms with van der Waals surface area (Å²) < 4.78 is 0. The Bertz CT molecular complexity index is 144. The molecule has 15 heavy (non-hydrogen) atoms. The van der Waals surface area contributed by atoms with Gasteiger partial charge in [-0.25, -0.2) is 0 Å². The van der Waals surface area contributed by atoms with Crippen molar-refractivity contribution in [2.24, 2.45) is 0 Å². The standard InChI is InChI=1S/C14H29N/c1-3-5-6-7-8-9-13-15-14(4-2)11-10-12-14/h15H,3-13H2,1-2H3. The predicted octanol–water partition coefficient (Wildman–Crippen LogP) is 4.27. The maximum Gasteiger partial charge on any atom is 0.0178 e. The van der Waals surface area contributed by atoms with Crippen molar-refractivity contribution in [3.63, 3.8) is 0 Å². The van der Waals surface area contributed by atoms with Gasteiger partial charge in [-0.2, -0.15) is 0 Å². The minimum atomic E-state index is 0.559. The van der Waals surface area contributed by atoms with Crippen molar-refractivity contribution in [1.29, 1.82) is 0 Å². The molecule has 1 aliphatic carbocycles. The number of rotatable bonds is 9. The van der Waals surface area contributed by atoms with Crippen LogP contribution in [0, 0.1) is 0 Å². The van der Waals surface area contributed by atoms with Crippen LogP contribution in [0.4, 0.5) is 0 Å². The summed E-state index contributed by atoms with van der Waals surface area (Å²) in [4.78, 5) is 0. The van der Waals surface area contributed by atoms with Crippen molar-refractivity contribution in [1.82, 2.24) is 5.32 Å². The van der Waals surface area contributed by atoms with Crippen LogP contribution in [0.15, 0.2) is 0 Å². The van der Waals surface area contributed by atoms with Gasteiger partial charge in [-0.15, -0.1) is 0 Å². The zero-order valence-corrected chi connectivity index (χ0v) is 10.8. The van der Waals surface area contributed by atoms with Crippen LogP contribution in [-0.2, 0) is 0 Å². The van der Waals surface area contributed by atoms with Gasteiger partial charge in [-0.3, -0.25) is 0 Å². The van der Waals surface area contributed by atoms with Gasteiger partial charge in [-0.1, -0.05) is 46.0 Å². The van der Waals surface area contributed by atoms with E-state index in [0.717, 1.165) is 0 Å². The highest BCUT2D eigenvalue weighted by atomic mass is 15.0. The predicted molar refractivity (Wildman–Crippen MR) is 68.3 cm³/mol. The monoisotopic (exact) mass is 211 g/mol. The van der Waals surface area contributed by atoms with Crippen LogP contribution < -0.4 is 5.32 Å². The molecule has 1 aliphatic rings. The summed E-state index contributed by atoms with van der Waals surface area (Å²) in [6.07, 6.45) is 14.1. The third-order valence-electron chi connectivity index (χ3n) is 4.02. The summed E-state index contributed by atoms with van der Waals surface area (Å²) >= 11 is 0. The molecule has 0 radical (unpaired) electrons. The summed E-state index contributed by atoms with van der Waals surface area (Å²) in [7, 11) is 0. The van der Waals surface area contributed by atoms with Gasteiger partial charge in [0.2, 0.25) is 0 Å². The molecule has 0 bridgehead atoms. The molecule has 0 aromatic heterocycles. The van der Waals surface area contributed by atoms with E-state index in [1.54, 1.807) is 0 Å². The van der Waals surface area contributed by atoms with Gasteiger partial charge in [0, 0.05) is 5.54 Å². The lowest BCUT2D eigenvalue weighted by Gasteiger charge is -2.42.